The van der Waals surface area contributed by atoms with Gasteiger partial charge in [-0.3, -0.25) is 9.78 Å². The molecule has 3 rings (SSSR count). The topological polar surface area (TPSA) is 71.5 Å². The van der Waals surface area contributed by atoms with Crippen LogP contribution in [0, 0.1) is 5.92 Å². The molecule has 6 heteroatoms. The van der Waals surface area contributed by atoms with Crippen molar-refractivity contribution in [2.45, 2.75) is 25.0 Å². The van der Waals surface area contributed by atoms with Gasteiger partial charge in [0, 0.05) is 11.2 Å². The van der Waals surface area contributed by atoms with Crippen LogP contribution in [0.5, 0.6) is 5.75 Å². The molecule has 1 aromatic carbocycles. The highest BCUT2D eigenvalue weighted by molar-refractivity contribution is 6.31. The van der Waals surface area contributed by atoms with E-state index in [0.717, 1.165) is 5.69 Å². The zero-order valence-electron chi connectivity index (χ0n) is 13.3. The molecule has 24 heavy (non-hydrogen) atoms. The second-order valence-corrected chi connectivity index (χ2v) is 6.37. The average molecular weight is 347 g/mol. The number of nitrogens with zero attached hydrogens (tertiary/aromatic N) is 1. The molecule has 1 saturated carbocycles. The molecule has 1 aromatic heterocycles. The quantitative estimate of drug-likeness (QED) is 0.873. The molecular formula is C18H19ClN2O3. The van der Waals surface area contributed by atoms with Gasteiger partial charge in [0.2, 0.25) is 0 Å². The molecule has 1 heterocycles. The first-order valence-electron chi connectivity index (χ1n) is 7.82. The lowest BCUT2D eigenvalue weighted by Gasteiger charge is -2.37. The molecule has 1 fully saturated rings. The van der Waals surface area contributed by atoms with E-state index in [9.17, 15) is 9.90 Å². The standard InChI is InChI=1S/C18H19ClN2O3/c1-24-16-6-5-12(19)10-14(16)18(23)21-17(11-8-13(22)9-11)15-4-2-3-7-20-15/h2-7,10-11,13,17,22H,8-9H2,1H3,(H,21,23). The normalized spacial score (nSPS) is 20.8. The van der Waals surface area contributed by atoms with Gasteiger partial charge < -0.3 is 15.2 Å². The molecule has 0 spiro atoms. The number of aliphatic hydroxyl groups is 1. The molecule has 126 valence electrons. The fraction of sp³-hybridized carbons (Fsp3) is 0.333. The highest BCUT2D eigenvalue weighted by Crippen LogP contribution is 2.37. The Bertz CT molecular complexity index is 717. The summed E-state index contributed by atoms with van der Waals surface area (Å²) in [5.41, 5.74) is 1.16. The highest BCUT2D eigenvalue weighted by Gasteiger charge is 2.36. The third-order valence-corrected chi connectivity index (χ3v) is 4.56. The number of benzene rings is 1. The van der Waals surface area contributed by atoms with E-state index in [4.69, 9.17) is 16.3 Å². The van der Waals surface area contributed by atoms with Crippen LogP contribution in [-0.2, 0) is 0 Å². The Morgan fingerprint density at radius 2 is 2.17 bits per heavy atom. The lowest BCUT2D eigenvalue weighted by atomic mass is 9.76. The number of hydrogen-bond donors (Lipinski definition) is 2. The first-order valence-corrected chi connectivity index (χ1v) is 8.19. The summed E-state index contributed by atoms with van der Waals surface area (Å²) in [6.45, 7) is 0. The van der Waals surface area contributed by atoms with Crippen molar-refractivity contribution >= 4 is 17.5 Å². The number of amides is 1. The van der Waals surface area contributed by atoms with Gasteiger partial charge in [0.25, 0.3) is 5.91 Å². The van der Waals surface area contributed by atoms with Crippen LogP contribution in [0.4, 0.5) is 0 Å². The molecule has 1 aliphatic rings. The molecule has 1 unspecified atom stereocenters. The van der Waals surface area contributed by atoms with Crippen molar-refractivity contribution in [3.63, 3.8) is 0 Å². The van der Waals surface area contributed by atoms with Crippen LogP contribution < -0.4 is 10.1 Å². The van der Waals surface area contributed by atoms with Gasteiger partial charge in [-0.15, -0.1) is 0 Å². The second kappa shape index (κ2) is 7.20. The molecule has 5 nitrogen and oxygen atoms in total. The molecule has 0 bridgehead atoms. The van der Waals surface area contributed by atoms with Crippen LogP contribution >= 0.6 is 11.6 Å². The Morgan fingerprint density at radius 3 is 2.79 bits per heavy atom. The minimum Gasteiger partial charge on any atom is -0.496 e. The summed E-state index contributed by atoms with van der Waals surface area (Å²) < 4.78 is 5.25. The molecule has 2 N–H and O–H groups in total. The number of halogens is 1. The maximum atomic E-state index is 12.7. The van der Waals surface area contributed by atoms with E-state index < -0.39 is 0 Å². The molecule has 1 amide bonds. The number of carbonyl (C=O) groups excluding carboxylic acids is 1. The molecule has 0 aliphatic heterocycles. The summed E-state index contributed by atoms with van der Waals surface area (Å²) >= 11 is 6.01. The van der Waals surface area contributed by atoms with Crippen molar-refractivity contribution in [2.75, 3.05) is 7.11 Å². The second-order valence-electron chi connectivity index (χ2n) is 5.94. The predicted molar refractivity (Wildman–Crippen MR) is 91.2 cm³/mol. The van der Waals surface area contributed by atoms with Crippen molar-refractivity contribution in [3.8, 4) is 5.75 Å². The van der Waals surface area contributed by atoms with Crippen molar-refractivity contribution < 1.29 is 14.6 Å². The van der Waals surface area contributed by atoms with Gasteiger partial charge in [-0.2, -0.15) is 0 Å². The van der Waals surface area contributed by atoms with Crippen LogP contribution in [0.3, 0.4) is 0 Å². The average Bonchev–Trinajstić information content (AvgIpc) is 2.57. The van der Waals surface area contributed by atoms with Gasteiger partial charge in [-0.1, -0.05) is 17.7 Å². The number of hydrogen-bond acceptors (Lipinski definition) is 4. The third-order valence-electron chi connectivity index (χ3n) is 4.32. The largest absolute Gasteiger partial charge is 0.496 e. The number of pyridine rings is 1. The molecule has 1 atom stereocenters. The van der Waals surface area contributed by atoms with E-state index in [1.165, 1.54) is 7.11 Å². The lowest BCUT2D eigenvalue weighted by molar-refractivity contribution is 0.0228. The van der Waals surface area contributed by atoms with Crippen LogP contribution in [0.15, 0.2) is 42.6 Å². The summed E-state index contributed by atoms with van der Waals surface area (Å²) in [5.74, 6) is 0.348. The monoisotopic (exact) mass is 346 g/mol. The Kier molecular flexibility index (Phi) is 5.02. The molecular weight excluding hydrogens is 328 g/mol. The van der Waals surface area contributed by atoms with Crippen LogP contribution in [0.2, 0.25) is 5.02 Å². The summed E-state index contributed by atoms with van der Waals surface area (Å²) in [4.78, 5) is 17.1. The Balaban J connectivity index is 1.85. The molecule has 0 saturated heterocycles. The van der Waals surface area contributed by atoms with Gasteiger partial charge in [0.15, 0.2) is 0 Å². The van der Waals surface area contributed by atoms with Gasteiger partial charge >= 0.3 is 0 Å². The minimum absolute atomic E-state index is 0.157. The maximum Gasteiger partial charge on any atom is 0.255 e. The van der Waals surface area contributed by atoms with Crippen LogP contribution in [0.25, 0.3) is 0 Å². The first-order chi connectivity index (χ1) is 11.6. The first kappa shape index (κ1) is 16.7. The van der Waals surface area contributed by atoms with E-state index in [2.05, 4.69) is 10.3 Å². The van der Waals surface area contributed by atoms with Gasteiger partial charge in [0.1, 0.15) is 5.75 Å². The van der Waals surface area contributed by atoms with Gasteiger partial charge in [-0.25, -0.2) is 0 Å². The van der Waals surface area contributed by atoms with E-state index in [-0.39, 0.29) is 24.0 Å². The summed E-state index contributed by atoms with van der Waals surface area (Å²) in [7, 11) is 1.51. The van der Waals surface area contributed by atoms with Gasteiger partial charge in [-0.05, 0) is 49.1 Å². The molecule has 2 aromatic rings. The van der Waals surface area contributed by atoms with Crippen LogP contribution in [0.1, 0.15) is 34.9 Å². The fourth-order valence-corrected chi connectivity index (χ4v) is 3.14. The maximum absolute atomic E-state index is 12.7. The van der Waals surface area contributed by atoms with Crippen LogP contribution in [-0.4, -0.2) is 29.2 Å². The Hall–Kier alpha value is -2.11. The number of aromatic nitrogens is 1. The number of rotatable bonds is 5. The number of carbonyl (C=O) groups is 1. The SMILES string of the molecule is COc1ccc(Cl)cc1C(=O)NC(c1ccccn1)C1CC(O)C1. The number of methoxy groups -OCH3 is 1. The van der Waals surface area contributed by atoms with Crippen molar-refractivity contribution in [3.05, 3.63) is 58.9 Å². The number of aliphatic hydroxyl groups excluding tert-OH is 1. The zero-order chi connectivity index (χ0) is 17.1. The Morgan fingerprint density at radius 1 is 1.38 bits per heavy atom. The minimum atomic E-state index is -0.307. The molecule has 0 radical (unpaired) electrons. The third kappa shape index (κ3) is 3.52. The van der Waals surface area contributed by atoms with Crippen molar-refractivity contribution in [2.24, 2.45) is 5.92 Å². The molecule has 1 aliphatic carbocycles. The highest BCUT2D eigenvalue weighted by atomic mass is 35.5. The van der Waals surface area contributed by atoms with E-state index in [0.29, 0.717) is 29.2 Å². The van der Waals surface area contributed by atoms with E-state index >= 15 is 0 Å². The van der Waals surface area contributed by atoms with E-state index in [1.807, 2.05) is 18.2 Å². The fourth-order valence-electron chi connectivity index (χ4n) is 2.97. The van der Waals surface area contributed by atoms with Crippen molar-refractivity contribution in [1.29, 1.82) is 0 Å². The number of nitrogens with one attached hydrogen (secondary N) is 1. The summed E-state index contributed by atoms with van der Waals surface area (Å²) in [6.07, 6.45) is 2.69. The number of ether oxygens (including phenoxy) is 1. The van der Waals surface area contributed by atoms with E-state index in [1.54, 1.807) is 24.4 Å². The summed E-state index contributed by atoms with van der Waals surface area (Å²) in [6, 6.07) is 10.3. The van der Waals surface area contributed by atoms with Crippen molar-refractivity contribution in [1.82, 2.24) is 10.3 Å². The smallest absolute Gasteiger partial charge is 0.255 e. The lowest BCUT2D eigenvalue weighted by Crippen LogP contribution is -2.41. The van der Waals surface area contributed by atoms with Gasteiger partial charge in [0.05, 0.1) is 30.5 Å². The summed E-state index contributed by atoms with van der Waals surface area (Å²) in [5, 5.41) is 13.1. The Labute approximate surface area is 145 Å². The predicted octanol–water partition coefficient (Wildman–Crippen LogP) is 2.99. The zero-order valence-corrected chi connectivity index (χ0v) is 14.0.